The van der Waals surface area contributed by atoms with E-state index in [1.165, 1.54) is 11.3 Å². The van der Waals surface area contributed by atoms with Crippen molar-refractivity contribution in [3.63, 3.8) is 0 Å². The van der Waals surface area contributed by atoms with Crippen LogP contribution in [0, 0.1) is 12.8 Å². The second-order valence-electron chi connectivity index (χ2n) is 9.33. The molecule has 9 heteroatoms. The average Bonchev–Trinajstić information content (AvgIpc) is 3.11. The van der Waals surface area contributed by atoms with Crippen LogP contribution in [0.5, 0.6) is 0 Å². The van der Waals surface area contributed by atoms with Gasteiger partial charge in [-0.25, -0.2) is 0 Å². The number of rotatable bonds is 3. The van der Waals surface area contributed by atoms with Crippen LogP contribution in [-0.2, 0) is 14.4 Å². The number of thiophene rings is 1. The number of nitrogens with zero attached hydrogens (tertiary/aromatic N) is 1. The summed E-state index contributed by atoms with van der Waals surface area (Å²) < 4.78 is 0. The smallest absolute Gasteiger partial charge is 0.262 e. The molecule has 0 radical (unpaired) electrons. The highest BCUT2D eigenvalue weighted by atomic mass is 32.1. The van der Waals surface area contributed by atoms with Crippen molar-refractivity contribution in [3.05, 3.63) is 34.0 Å². The summed E-state index contributed by atoms with van der Waals surface area (Å²) in [6, 6.07) is 2.30. The van der Waals surface area contributed by atoms with Gasteiger partial charge in [0.25, 0.3) is 5.91 Å². The molecule has 8 nitrogen and oxygen atoms in total. The zero-order chi connectivity index (χ0) is 23.6. The van der Waals surface area contributed by atoms with E-state index in [4.69, 9.17) is 5.73 Å². The van der Waals surface area contributed by atoms with E-state index >= 15 is 0 Å². The number of allylic oxidation sites excluding steroid dienone is 1. The zero-order valence-electron chi connectivity index (χ0n) is 19.0. The lowest BCUT2D eigenvalue weighted by atomic mass is 10.0. The van der Waals surface area contributed by atoms with Crippen molar-refractivity contribution in [2.24, 2.45) is 11.7 Å². The molecule has 4 atom stereocenters. The van der Waals surface area contributed by atoms with Crippen molar-refractivity contribution in [1.29, 1.82) is 0 Å². The fourth-order valence-electron chi connectivity index (χ4n) is 4.91. The Balaban J connectivity index is 1.55. The number of carbonyl (C=O) groups is 4. The van der Waals surface area contributed by atoms with Gasteiger partial charge in [-0.1, -0.05) is 25.0 Å². The minimum atomic E-state index is -1.06. The predicted octanol–water partition coefficient (Wildman–Crippen LogP) is 2.03. The lowest BCUT2D eigenvalue weighted by Gasteiger charge is -2.29. The fraction of sp³-hybridized carbons (Fsp3) is 0.583. The highest BCUT2D eigenvalue weighted by Gasteiger charge is 2.59. The Morgan fingerprint density at radius 1 is 1.18 bits per heavy atom. The molecule has 2 fully saturated rings. The summed E-state index contributed by atoms with van der Waals surface area (Å²) in [6.07, 6.45) is 9.79. The summed E-state index contributed by atoms with van der Waals surface area (Å²) >= 11 is 1.39. The lowest BCUT2D eigenvalue weighted by molar-refractivity contribution is -0.141. The van der Waals surface area contributed by atoms with Crippen LogP contribution < -0.4 is 16.4 Å². The third kappa shape index (κ3) is 4.98. The SMILES string of the molecule is Cc1ccc(C(=O)N[C@H]2CCCCC/C=C\[C@@H]3C[C@@]3(C(N)=O)NC(=O)[C@@H]3CCCN3C2=O)s1. The Bertz CT molecular complexity index is 973. The highest BCUT2D eigenvalue weighted by molar-refractivity contribution is 7.13. The molecule has 3 aliphatic rings. The normalized spacial score (nSPS) is 31.4. The van der Waals surface area contributed by atoms with Gasteiger partial charge < -0.3 is 21.3 Å². The molecule has 1 aromatic rings. The van der Waals surface area contributed by atoms with Gasteiger partial charge in [0, 0.05) is 17.3 Å². The van der Waals surface area contributed by atoms with Crippen LogP contribution in [0.25, 0.3) is 0 Å². The number of nitrogens with two attached hydrogens (primary N) is 1. The van der Waals surface area contributed by atoms with Crippen LogP contribution in [0.3, 0.4) is 0 Å². The Hall–Kier alpha value is -2.68. The van der Waals surface area contributed by atoms with E-state index in [-0.39, 0.29) is 23.6 Å². The van der Waals surface area contributed by atoms with Crippen molar-refractivity contribution in [1.82, 2.24) is 15.5 Å². The van der Waals surface area contributed by atoms with Crippen LogP contribution in [0.2, 0.25) is 0 Å². The molecule has 0 bridgehead atoms. The predicted molar refractivity (Wildman–Crippen MR) is 125 cm³/mol. The number of nitrogens with one attached hydrogen (secondary N) is 2. The van der Waals surface area contributed by atoms with Gasteiger partial charge in [-0.15, -0.1) is 11.3 Å². The minimum Gasteiger partial charge on any atom is -0.368 e. The second kappa shape index (κ2) is 9.67. The van der Waals surface area contributed by atoms with Gasteiger partial charge in [-0.3, -0.25) is 19.2 Å². The summed E-state index contributed by atoms with van der Waals surface area (Å²) in [4.78, 5) is 54.8. The standard InChI is InChI=1S/C24H32N4O4S/c1-15-11-12-19(33-15)21(30)26-17-9-6-4-2-3-5-8-16-14-24(16,23(25)32)27-20(29)18-10-7-13-28(18)22(17)31/h5,8,11-12,16-18H,2-4,6-7,9-10,13-14H2,1H3,(H2,25,32)(H,26,30)(H,27,29)/b8-5-/t16-,17+,18+,24-/m1/s1. The number of amides is 4. The number of aryl methyl sites for hydroxylation is 1. The van der Waals surface area contributed by atoms with Crippen molar-refractivity contribution in [2.75, 3.05) is 6.54 Å². The van der Waals surface area contributed by atoms with Gasteiger partial charge in [-0.2, -0.15) is 0 Å². The van der Waals surface area contributed by atoms with Crippen molar-refractivity contribution >= 4 is 35.0 Å². The molecule has 0 unspecified atom stereocenters. The first-order valence-electron chi connectivity index (χ1n) is 11.8. The van der Waals surface area contributed by atoms with E-state index in [0.29, 0.717) is 37.1 Å². The molecule has 1 aromatic heterocycles. The Labute approximate surface area is 198 Å². The minimum absolute atomic E-state index is 0.101. The van der Waals surface area contributed by atoms with Crippen LogP contribution in [0.1, 0.15) is 65.9 Å². The molecule has 1 aliphatic carbocycles. The second-order valence-corrected chi connectivity index (χ2v) is 10.6. The Kier molecular flexibility index (Phi) is 6.88. The maximum atomic E-state index is 13.5. The molecule has 0 spiro atoms. The summed E-state index contributed by atoms with van der Waals surface area (Å²) in [7, 11) is 0. The summed E-state index contributed by atoms with van der Waals surface area (Å²) in [5.74, 6) is -1.48. The zero-order valence-corrected chi connectivity index (χ0v) is 19.8. The quantitative estimate of drug-likeness (QED) is 0.583. The number of carbonyl (C=O) groups excluding carboxylic acids is 4. The summed E-state index contributed by atoms with van der Waals surface area (Å²) in [5.41, 5.74) is 4.59. The molecule has 4 amide bonds. The monoisotopic (exact) mass is 472 g/mol. The lowest BCUT2D eigenvalue weighted by Crippen LogP contribution is -2.57. The first kappa shape index (κ1) is 23.5. The molecular formula is C24H32N4O4S. The van der Waals surface area contributed by atoms with E-state index in [1.54, 1.807) is 11.0 Å². The summed E-state index contributed by atoms with van der Waals surface area (Å²) in [6.45, 7) is 2.39. The third-order valence-corrected chi connectivity index (χ3v) is 7.94. The van der Waals surface area contributed by atoms with Gasteiger partial charge in [0.1, 0.15) is 17.6 Å². The van der Waals surface area contributed by atoms with E-state index in [0.717, 1.165) is 30.6 Å². The van der Waals surface area contributed by atoms with Crippen molar-refractivity contribution in [2.45, 2.75) is 75.9 Å². The topological polar surface area (TPSA) is 122 Å². The van der Waals surface area contributed by atoms with E-state index < -0.39 is 23.5 Å². The molecule has 2 aliphatic heterocycles. The van der Waals surface area contributed by atoms with Gasteiger partial charge in [-0.05, 0) is 57.6 Å². The largest absolute Gasteiger partial charge is 0.368 e. The molecule has 178 valence electrons. The molecule has 33 heavy (non-hydrogen) atoms. The molecular weight excluding hydrogens is 440 g/mol. The fourth-order valence-corrected chi connectivity index (χ4v) is 5.68. The molecule has 4 N–H and O–H groups in total. The molecule has 4 rings (SSSR count). The van der Waals surface area contributed by atoms with Gasteiger partial charge in [0.2, 0.25) is 17.7 Å². The first-order chi connectivity index (χ1) is 15.8. The maximum absolute atomic E-state index is 13.5. The molecule has 1 saturated carbocycles. The van der Waals surface area contributed by atoms with Crippen LogP contribution in [-0.4, -0.2) is 52.7 Å². The van der Waals surface area contributed by atoms with Crippen LogP contribution >= 0.6 is 11.3 Å². The van der Waals surface area contributed by atoms with Gasteiger partial charge in [0.15, 0.2) is 0 Å². The van der Waals surface area contributed by atoms with E-state index in [9.17, 15) is 19.2 Å². The molecule has 3 heterocycles. The first-order valence-corrected chi connectivity index (χ1v) is 12.6. The Morgan fingerprint density at radius 2 is 2.00 bits per heavy atom. The van der Waals surface area contributed by atoms with Crippen LogP contribution in [0.15, 0.2) is 24.3 Å². The highest BCUT2D eigenvalue weighted by Crippen LogP contribution is 2.45. The van der Waals surface area contributed by atoms with Gasteiger partial charge >= 0.3 is 0 Å². The number of hydrogen-bond acceptors (Lipinski definition) is 5. The van der Waals surface area contributed by atoms with Gasteiger partial charge in [0.05, 0.1) is 4.88 Å². The molecule has 1 saturated heterocycles. The van der Waals surface area contributed by atoms with E-state index in [2.05, 4.69) is 10.6 Å². The number of primary amides is 1. The van der Waals surface area contributed by atoms with E-state index in [1.807, 2.05) is 25.1 Å². The van der Waals surface area contributed by atoms with Crippen molar-refractivity contribution < 1.29 is 19.2 Å². The summed E-state index contributed by atoms with van der Waals surface area (Å²) in [5, 5.41) is 5.79. The van der Waals surface area contributed by atoms with Crippen molar-refractivity contribution in [3.8, 4) is 0 Å². The average molecular weight is 473 g/mol. The maximum Gasteiger partial charge on any atom is 0.262 e. The number of hydrogen-bond donors (Lipinski definition) is 3. The van der Waals surface area contributed by atoms with Crippen LogP contribution in [0.4, 0.5) is 0 Å². The number of fused-ring (bicyclic) bond motifs is 2. The molecule has 0 aromatic carbocycles. The third-order valence-electron chi connectivity index (χ3n) is 6.94. The Morgan fingerprint density at radius 3 is 2.73 bits per heavy atom.